The number of aliphatic hydroxyl groups is 1. The second-order valence-corrected chi connectivity index (χ2v) is 11.2. The van der Waals surface area contributed by atoms with Crippen molar-refractivity contribution in [1.82, 2.24) is 15.0 Å². The zero-order valence-electron chi connectivity index (χ0n) is 22.6. The Morgan fingerprint density at radius 1 is 1.15 bits per heavy atom. The average molecular weight is 593 g/mol. The van der Waals surface area contributed by atoms with Gasteiger partial charge in [0, 0.05) is 56.3 Å². The van der Waals surface area contributed by atoms with Crippen LogP contribution in [0.1, 0.15) is 55.8 Å². The minimum absolute atomic E-state index is 0.00371. The molecule has 2 atom stereocenters. The molecule has 2 aliphatic heterocycles. The van der Waals surface area contributed by atoms with Crippen LogP contribution >= 0.6 is 11.3 Å². The van der Waals surface area contributed by atoms with Crippen molar-refractivity contribution in [2.24, 2.45) is 10.7 Å². The fraction of sp³-hybridized carbons (Fsp3) is 0.500. The van der Waals surface area contributed by atoms with Gasteiger partial charge in [0.1, 0.15) is 16.3 Å². The highest BCUT2D eigenvalue weighted by Gasteiger charge is 2.33. The Kier molecular flexibility index (Phi) is 8.85. The maximum atomic E-state index is 15.2. The molecule has 0 amide bonds. The molecule has 8 nitrogen and oxygen atoms in total. The van der Waals surface area contributed by atoms with Crippen LogP contribution in [0.3, 0.4) is 0 Å². The van der Waals surface area contributed by atoms with Gasteiger partial charge < -0.3 is 20.5 Å². The Bertz CT molecular complexity index is 1430. The van der Waals surface area contributed by atoms with E-state index < -0.39 is 17.6 Å². The normalized spacial score (nSPS) is 21.9. The summed E-state index contributed by atoms with van der Waals surface area (Å²) in [5, 5.41) is 7.76. The summed E-state index contributed by atoms with van der Waals surface area (Å²) in [6, 6.07) is 2.90. The summed E-state index contributed by atoms with van der Waals surface area (Å²) in [6.07, 6.45) is 3.79. The highest BCUT2D eigenvalue weighted by Crippen LogP contribution is 2.40. The molecule has 1 saturated carbocycles. The molecular weight excluding hydrogens is 560 g/mol. The predicted molar refractivity (Wildman–Crippen MR) is 151 cm³/mol. The molecule has 220 valence electrons. The van der Waals surface area contributed by atoms with Crippen molar-refractivity contribution in [3.05, 3.63) is 47.2 Å². The topological polar surface area (TPSA) is 110 Å². The van der Waals surface area contributed by atoms with E-state index in [-0.39, 0.29) is 23.3 Å². The lowest BCUT2D eigenvalue weighted by Gasteiger charge is -2.29. The zero-order valence-corrected chi connectivity index (χ0v) is 23.4. The summed E-state index contributed by atoms with van der Waals surface area (Å²) >= 11 is 1.35. The number of ether oxygens (including phenoxy) is 1. The second-order valence-electron chi connectivity index (χ2n) is 10.2. The Hall–Kier alpha value is -3.16. The highest BCUT2D eigenvalue weighted by atomic mass is 32.1. The first-order chi connectivity index (χ1) is 19.8. The van der Waals surface area contributed by atoms with Crippen molar-refractivity contribution in [2.45, 2.75) is 62.8 Å². The molecule has 1 aliphatic carbocycles. The number of halogens is 4. The molecule has 1 aromatic carbocycles. The van der Waals surface area contributed by atoms with Gasteiger partial charge in [0.05, 0.1) is 23.4 Å². The number of hydrogen-bond donors (Lipinski definition) is 2. The Morgan fingerprint density at radius 3 is 2.56 bits per heavy atom. The van der Waals surface area contributed by atoms with E-state index in [0.717, 1.165) is 68.7 Å². The molecule has 0 bridgehead atoms. The van der Waals surface area contributed by atoms with E-state index in [9.17, 15) is 13.2 Å². The van der Waals surface area contributed by atoms with Crippen molar-refractivity contribution >= 4 is 33.0 Å². The van der Waals surface area contributed by atoms with E-state index in [1.54, 1.807) is 6.21 Å². The lowest BCUT2D eigenvalue weighted by Crippen LogP contribution is -2.28. The Morgan fingerprint density at radius 2 is 1.90 bits per heavy atom. The Labute approximate surface area is 239 Å². The number of benzene rings is 1. The quantitative estimate of drug-likeness (QED) is 0.289. The summed E-state index contributed by atoms with van der Waals surface area (Å²) in [6.45, 7) is 2.18. The molecular formula is C28H32F4N6O2S. The number of rotatable bonds is 6. The van der Waals surface area contributed by atoms with Crippen LogP contribution in [0.25, 0.3) is 21.6 Å². The van der Waals surface area contributed by atoms with Crippen LogP contribution in [0.4, 0.5) is 22.7 Å². The number of aliphatic hydroxyl groups excluding tert-OH is 1. The van der Waals surface area contributed by atoms with Gasteiger partial charge in [0.25, 0.3) is 0 Å². The number of fused-ring (bicyclic) bond motifs is 1. The lowest BCUT2D eigenvalue weighted by atomic mass is 9.91. The van der Waals surface area contributed by atoms with E-state index in [1.165, 1.54) is 17.5 Å². The van der Waals surface area contributed by atoms with E-state index in [2.05, 4.69) is 9.89 Å². The van der Waals surface area contributed by atoms with Crippen LogP contribution in [0.2, 0.25) is 0 Å². The van der Waals surface area contributed by atoms with E-state index in [0.29, 0.717) is 47.7 Å². The third-order valence-electron chi connectivity index (χ3n) is 7.38. The van der Waals surface area contributed by atoms with E-state index >= 15 is 4.39 Å². The molecule has 0 spiro atoms. The third kappa shape index (κ3) is 6.52. The number of thiazole rings is 1. The second kappa shape index (κ2) is 12.4. The fourth-order valence-electron chi connectivity index (χ4n) is 5.03. The van der Waals surface area contributed by atoms with Crippen LogP contribution in [0, 0.1) is 5.82 Å². The first kappa shape index (κ1) is 29.3. The molecule has 6 rings (SSSR count). The molecule has 0 radical (unpaired) electrons. The first-order valence-electron chi connectivity index (χ1n) is 13.6. The number of alkyl halides is 3. The molecule has 2 unspecified atom stereocenters. The fourth-order valence-corrected chi connectivity index (χ4v) is 6.10. The standard InChI is InChI=1S/C27H28F4N6OS.CH4O/c28-20-12-17(27(29,30)31)3-6-19(20)22-23-25(36-26(39-23)37-8-1-2-9-37)35-24(34-22)15-7-10-38-21(11-15)16(13-32)14-33-18-4-5-18;1-2/h3,6,12-15,18,21H,1-2,4-5,7-11,32H2;2H,1H3/b16-13+,33-14?;. The van der Waals surface area contributed by atoms with Gasteiger partial charge in [0.15, 0.2) is 10.8 Å². The summed E-state index contributed by atoms with van der Waals surface area (Å²) in [5.41, 5.74) is 6.31. The van der Waals surface area contributed by atoms with Crippen LogP contribution in [0.5, 0.6) is 0 Å². The summed E-state index contributed by atoms with van der Waals surface area (Å²) in [4.78, 5) is 21.0. The monoisotopic (exact) mass is 592 g/mol. The van der Waals surface area contributed by atoms with E-state index in [4.69, 9.17) is 30.5 Å². The van der Waals surface area contributed by atoms with Crippen LogP contribution < -0.4 is 10.6 Å². The van der Waals surface area contributed by atoms with E-state index in [1.807, 2.05) is 0 Å². The molecule has 3 aliphatic rings. The van der Waals surface area contributed by atoms with Gasteiger partial charge in [-0.1, -0.05) is 11.3 Å². The number of aromatic nitrogens is 3. The smallest absolute Gasteiger partial charge is 0.404 e. The van der Waals surface area contributed by atoms with Crippen LogP contribution in [0.15, 0.2) is 35.0 Å². The van der Waals surface area contributed by atoms with Gasteiger partial charge >= 0.3 is 6.18 Å². The van der Waals surface area contributed by atoms with Gasteiger partial charge in [-0.05, 0) is 56.7 Å². The van der Waals surface area contributed by atoms with Gasteiger partial charge in [-0.2, -0.15) is 18.2 Å². The number of aliphatic imine (C=N–C) groups is 1. The largest absolute Gasteiger partial charge is 0.416 e. The van der Waals surface area contributed by atoms with Gasteiger partial charge in [-0.25, -0.2) is 14.4 Å². The van der Waals surface area contributed by atoms with Crippen molar-refractivity contribution in [3.63, 3.8) is 0 Å². The van der Waals surface area contributed by atoms with Crippen LogP contribution in [-0.2, 0) is 10.9 Å². The van der Waals surface area contributed by atoms with Crippen molar-refractivity contribution < 1.29 is 27.4 Å². The molecule has 2 saturated heterocycles. The zero-order chi connectivity index (χ0) is 29.1. The SMILES string of the molecule is CO.N/C=C(\C=NC1CC1)C1CC(c2nc(-c3ccc(C(F)(F)F)cc3F)c3sc(N4CCCC4)nc3n2)CCO1. The minimum Gasteiger partial charge on any atom is -0.404 e. The first-order valence-corrected chi connectivity index (χ1v) is 14.4. The van der Waals surface area contributed by atoms with Gasteiger partial charge in [0.2, 0.25) is 0 Å². The average Bonchev–Trinajstić information content (AvgIpc) is 3.44. The maximum absolute atomic E-state index is 15.2. The summed E-state index contributed by atoms with van der Waals surface area (Å²) < 4.78 is 61.4. The molecule has 41 heavy (non-hydrogen) atoms. The summed E-state index contributed by atoms with van der Waals surface area (Å²) in [7, 11) is 1.00. The Balaban J connectivity index is 0.00000165. The number of hydrogen-bond acceptors (Lipinski definition) is 9. The van der Waals surface area contributed by atoms with Gasteiger partial charge in [-0.3, -0.25) is 4.99 Å². The van der Waals surface area contributed by atoms with Gasteiger partial charge in [-0.15, -0.1) is 0 Å². The summed E-state index contributed by atoms with van der Waals surface area (Å²) in [5.74, 6) is -0.647. The minimum atomic E-state index is -4.65. The molecule has 3 fully saturated rings. The predicted octanol–water partition coefficient (Wildman–Crippen LogP) is 5.46. The molecule has 13 heteroatoms. The van der Waals surface area contributed by atoms with Crippen molar-refractivity contribution in [1.29, 1.82) is 0 Å². The van der Waals surface area contributed by atoms with Crippen molar-refractivity contribution in [2.75, 3.05) is 31.7 Å². The molecule has 2 aromatic heterocycles. The highest BCUT2D eigenvalue weighted by molar-refractivity contribution is 7.22. The lowest BCUT2D eigenvalue weighted by molar-refractivity contribution is -0.137. The molecule has 4 heterocycles. The van der Waals surface area contributed by atoms with Crippen LogP contribution in [-0.4, -0.2) is 65.2 Å². The molecule has 3 aromatic rings. The number of nitrogens with two attached hydrogens (primary N) is 1. The number of anilines is 1. The maximum Gasteiger partial charge on any atom is 0.416 e. The number of nitrogens with zero attached hydrogens (tertiary/aromatic N) is 5. The molecule has 3 N–H and O–H groups in total. The third-order valence-corrected chi connectivity index (χ3v) is 8.49. The van der Waals surface area contributed by atoms with Crippen molar-refractivity contribution in [3.8, 4) is 11.3 Å².